The maximum Gasteiger partial charge on any atom is 0.408 e. The SMILES string of the molecule is CC.CC.CC.CC.CC.CC.CC(=O)C(Cc1cn(C)c2ccccc12)NC(=O)OCc1ccc(-c2ccccc2)cc1.CC(=O)C(N)Cc1cn(C)c2ccccc12.CCC.Cn1cc(CC(NC(=O)OCc2ccc(-c3ccccc3)cc2)C(=O)O)c2ccccc21.O=C(Cl)OCc1ccc(-c2ccccc2)cc1. The molecule has 0 saturated carbocycles. The van der Waals surface area contributed by atoms with Crippen LogP contribution in [0.4, 0.5) is 14.4 Å². The first-order valence-electron chi connectivity index (χ1n) is 39.0. The summed E-state index contributed by atoms with van der Waals surface area (Å²) < 4.78 is 21.4. The van der Waals surface area contributed by atoms with Gasteiger partial charge in [-0.05, 0) is 105 Å². The molecule has 3 aromatic heterocycles. The Labute approximate surface area is 671 Å². The van der Waals surface area contributed by atoms with E-state index in [1.807, 2.05) is 344 Å². The van der Waals surface area contributed by atoms with Crippen LogP contribution in [-0.2, 0) is 88.8 Å². The number of ketones is 2. The van der Waals surface area contributed by atoms with Crippen LogP contribution in [0.3, 0.4) is 0 Å². The number of nitrogens with zero attached hydrogens (tertiary/aromatic N) is 3. The van der Waals surface area contributed by atoms with Crippen LogP contribution in [0.2, 0.25) is 0 Å². The third-order valence-corrected chi connectivity index (χ3v) is 16.5. The molecule has 0 fully saturated rings. The monoisotopic (exact) mass is 1540 g/mol. The number of nitrogens with two attached hydrogens (primary N) is 1. The van der Waals surface area contributed by atoms with Crippen molar-refractivity contribution in [1.82, 2.24) is 24.3 Å². The van der Waals surface area contributed by atoms with E-state index < -0.39 is 41.7 Å². The zero-order chi connectivity index (χ0) is 83.5. The Morgan fingerprint density at radius 2 is 0.616 bits per heavy atom. The molecule has 12 aromatic rings. The van der Waals surface area contributed by atoms with Crippen molar-refractivity contribution < 1.29 is 48.1 Å². The average Bonchev–Trinajstić information content (AvgIpc) is 1.67. The van der Waals surface area contributed by atoms with Gasteiger partial charge in [0.1, 0.15) is 31.6 Å². The van der Waals surface area contributed by atoms with Crippen molar-refractivity contribution in [1.29, 1.82) is 0 Å². The Kier molecular flexibility index (Phi) is 47.6. The summed E-state index contributed by atoms with van der Waals surface area (Å²) in [6.07, 6.45) is 7.02. The number of hydrogen-bond donors (Lipinski definition) is 4. The zero-order valence-electron chi connectivity index (χ0n) is 69.3. The quantitative estimate of drug-likeness (QED) is 0.0416. The summed E-state index contributed by atoms with van der Waals surface area (Å²) in [7, 11) is 5.89. The number of amides is 2. The Hall–Kier alpha value is -11.3. The van der Waals surface area contributed by atoms with Crippen LogP contribution < -0.4 is 16.4 Å². The predicted octanol–water partition coefficient (Wildman–Crippen LogP) is 23.5. The number of para-hydroxylation sites is 3. The van der Waals surface area contributed by atoms with E-state index in [0.717, 1.165) is 88.6 Å². The number of aromatic nitrogens is 3. The fraction of sp³-hybridized carbons (Fsp3) is 0.305. The summed E-state index contributed by atoms with van der Waals surface area (Å²) in [5.41, 5.74) is 20.6. The summed E-state index contributed by atoms with van der Waals surface area (Å²) >= 11 is 5.09. The van der Waals surface area contributed by atoms with Crippen LogP contribution in [-0.4, -0.2) is 72.1 Å². The Morgan fingerprint density at radius 1 is 0.366 bits per heavy atom. The van der Waals surface area contributed by atoms with Gasteiger partial charge in [-0.3, -0.25) is 9.59 Å². The number of Topliss-reactive ketones (excluding diaryl/α,β-unsaturated/α-hetero) is 2. The van der Waals surface area contributed by atoms with Crippen LogP contribution in [0.15, 0.2) is 255 Å². The number of ether oxygens (including phenoxy) is 3. The molecule has 598 valence electrons. The number of hydrogen-bond acceptors (Lipinski definition) is 10. The fourth-order valence-corrected chi connectivity index (χ4v) is 11.2. The predicted molar refractivity (Wildman–Crippen MR) is 467 cm³/mol. The number of fused-ring (bicyclic) bond motifs is 3. The minimum absolute atomic E-state index is 0.0351. The molecule has 12 rings (SSSR count). The van der Waals surface area contributed by atoms with Crippen molar-refractivity contribution in [3.05, 3.63) is 289 Å². The molecule has 0 saturated heterocycles. The number of halogens is 1. The topological polar surface area (TPSA) is 215 Å². The largest absolute Gasteiger partial charge is 0.480 e. The molecule has 0 aliphatic carbocycles. The van der Waals surface area contributed by atoms with Gasteiger partial charge in [0.15, 0.2) is 5.78 Å². The molecule has 5 N–H and O–H groups in total. The van der Waals surface area contributed by atoms with E-state index in [1.165, 1.54) is 31.2 Å². The lowest BCUT2D eigenvalue weighted by atomic mass is 10.0. The first kappa shape index (κ1) is 96.7. The van der Waals surface area contributed by atoms with Crippen molar-refractivity contribution >= 4 is 79.5 Å². The minimum Gasteiger partial charge on any atom is -0.480 e. The van der Waals surface area contributed by atoms with Crippen LogP contribution >= 0.6 is 11.6 Å². The molecule has 9 aromatic carbocycles. The number of alkyl carbamates (subject to hydrolysis) is 2. The third kappa shape index (κ3) is 32.3. The van der Waals surface area contributed by atoms with Crippen LogP contribution in [0.1, 0.15) is 151 Å². The molecule has 2 amide bonds. The smallest absolute Gasteiger partial charge is 0.408 e. The molecular weight excluding hydrogens is 1420 g/mol. The molecule has 17 heteroatoms. The van der Waals surface area contributed by atoms with Gasteiger partial charge < -0.3 is 49.4 Å². The van der Waals surface area contributed by atoms with Crippen molar-refractivity contribution in [3.8, 4) is 33.4 Å². The fourth-order valence-electron chi connectivity index (χ4n) is 11.2. The summed E-state index contributed by atoms with van der Waals surface area (Å²) in [5, 5.41) is 18.0. The highest BCUT2D eigenvalue weighted by molar-refractivity contribution is 6.61. The standard InChI is InChI=1S/C27H26N2O3.C26H24N2O4.C14H11ClO2.C13H16N2O.C3H8.6C2H6/c1-19(30)25(16-23-17-29(2)26-11-7-6-10-24(23)26)28-27(31)32-18-20-12-14-22(15-13-20)21-8-4-3-5-9-21;1-28-16-21(22-9-5-6-10-24(22)28)15-23(25(29)30)27-26(31)32-17-18-11-13-20(14-12-18)19-7-3-2-4-8-19;15-14(16)17-10-11-6-8-13(9-7-11)12-4-2-1-3-5-12;1-9(16)12(14)7-10-8-15(2)13-6-4-3-5-11(10)13;1-3-2;6*1-2/h3-15,17,25H,16,18H2,1-2H3,(H,28,31);2-14,16,23H,15,17H2,1H3,(H,27,31)(H,29,30);1-9H,10H2;3-6,8,12H,7,14H2,1-2H3;3H2,1-2H3;6*1-2H3. The minimum atomic E-state index is -1.11. The van der Waals surface area contributed by atoms with E-state index in [4.69, 9.17) is 31.5 Å². The van der Waals surface area contributed by atoms with E-state index in [0.29, 0.717) is 12.8 Å². The molecular formula is C95H121ClN6O10. The van der Waals surface area contributed by atoms with Crippen molar-refractivity contribution in [2.45, 2.75) is 174 Å². The van der Waals surface area contributed by atoms with Gasteiger partial charge in [-0.25, -0.2) is 19.2 Å². The maximum absolute atomic E-state index is 12.4. The van der Waals surface area contributed by atoms with Crippen molar-refractivity contribution in [3.63, 3.8) is 0 Å². The number of benzene rings is 9. The zero-order valence-corrected chi connectivity index (χ0v) is 70.1. The first-order valence-corrected chi connectivity index (χ1v) is 39.4. The van der Waals surface area contributed by atoms with E-state index >= 15 is 0 Å². The first-order chi connectivity index (χ1) is 54.3. The second kappa shape index (κ2) is 55.1. The third-order valence-electron chi connectivity index (χ3n) is 16.4. The average molecular weight is 1540 g/mol. The van der Waals surface area contributed by atoms with E-state index in [-0.39, 0.29) is 37.8 Å². The summed E-state index contributed by atoms with van der Waals surface area (Å²) in [5.74, 6) is -1.18. The van der Waals surface area contributed by atoms with Gasteiger partial charge in [0.2, 0.25) is 0 Å². The van der Waals surface area contributed by atoms with E-state index in [2.05, 4.69) is 53.3 Å². The lowest BCUT2D eigenvalue weighted by Crippen LogP contribution is -2.42. The van der Waals surface area contributed by atoms with Crippen molar-refractivity contribution in [2.24, 2.45) is 26.9 Å². The molecule has 16 nitrogen and oxygen atoms in total. The summed E-state index contributed by atoms with van der Waals surface area (Å²) in [6.45, 7) is 31.7. The van der Waals surface area contributed by atoms with Gasteiger partial charge in [0.25, 0.3) is 0 Å². The number of carbonyl (C=O) groups is 6. The summed E-state index contributed by atoms with van der Waals surface area (Å²) in [6, 6.07) is 75.4. The maximum atomic E-state index is 12.4. The highest BCUT2D eigenvalue weighted by Crippen LogP contribution is 2.27. The highest BCUT2D eigenvalue weighted by atomic mass is 35.5. The van der Waals surface area contributed by atoms with Crippen molar-refractivity contribution in [2.75, 3.05) is 0 Å². The number of rotatable bonds is 20. The normalized spacial score (nSPS) is 10.6. The Morgan fingerprint density at radius 3 is 0.893 bits per heavy atom. The lowest BCUT2D eigenvalue weighted by molar-refractivity contribution is -0.139. The number of nitrogens with one attached hydrogen (secondary N) is 2. The molecule has 0 radical (unpaired) electrons. The molecule has 3 heterocycles. The highest BCUT2D eigenvalue weighted by Gasteiger charge is 2.24. The molecule has 0 aliphatic heterocycles. The molecule has 3 unspecified atom stereocenters. The molecule has 0 spiro atoms. The van der Waals surface area contributed by atoms with Gasteiger partial charge >= 0.3 is 23.6 Å². The number of aliphatic carboxylic acids is 1. The Bertz CT molecular complexity index is 4440. The number of aryl methyl sites for hydroxylation is 3. The van der Waals surface area contributed by atoms with Crippen LogP contribution in [0.5, 0.6) is 0 Å². The van der Waals surface area contributed by atoms with Gasteiger partial charge in [-0.2, -0.15) is 0 Å². The second-order valence-electron chi connectivity index (χ2n) is 24.1. The van der Waals surface area contributed by atoms with E-state index in [9.17, 15) is 33.9 Å². The number of carboxylic acids is 1. The number of carboxylic acid groups (broad SMARTS) is 1. The number of carbonyl (C=O) groups excluding carboxylic acids is 5. The molecule has 3 atom stereocenters. The second-order valence-corrected chi connectivity index (χ2v) is 24.4. The van der Waals surface area contributed by atoms with Gasteiger partial charge in [-0.15, -0.1) is 0 Å². The molecule has 0 bridgehead atoms. The molecule has 0 aliphatic rings. The van der Waals surface area contributed by atoms with E-state index in [1.54, 1.807) is 0 Å². The van der Waals surface area contributed by atoms with Gasteiger partial charge in [0.05, 0.1) is 12.1 Å². The molecule has 112 heavy (non-hydrogen) atoms. The lowest BCUT2D eigenvalue weighted by Gasteiger charge is -2.16. The Balaban J connectivity index is 0.000000495. The van der Waals surface area contributed by atoms with Crippen LogP contribution in [0, 0.1) is 0 Å². The van der Waals surface area contributed by atoms with Crippen LogP contribution in [0.25, 0.3) is 66.1 Å². The summed E-state index contributed by atoms with van der Waals surface area (Å²) in [4.78, 5) is 70.2. The van der Waals surface area contributed by atoms with Gasteiger partial charge in [-0.1, -0.05) is 322 Å². The van der Waals surface area contributed by atoms with Gasteiger partial charge in [0, 0.05) is 96.9 Å².